The number of pyridine rings is 1. The molecular weight excluding hydrogens is 753 g/mol. The number of hydrogen-bond acceptors (Lipinski definition) is 9. The van der Waals surface area contributed by atoms with Gasteiger partial charge in [0, 0.05) is 51.3 Å². The van der Waals surface area contributed by atoms with Crippen LogP contribution < -0.4 is 20.7 Å². The van der Waals surface area contributed by atoms with Gasteiger partial charge in [0.15, 0.2) is 5.69 Å². The van der Waals surface area contributed by atoms with Crippen molar-refractivity contribution in [3.05, 3.63) is 87.6 Å². The number of aromatic nitrogens is 1. The average molecular weight is 805 g/mol. The minimum atomic E-state index is -0.724. The third-order valence-corrected chi connectivity index (χ3v) is 13.5. The van der Waals surface area contributed by atoms with E-state index < -0.39 is 23.6 Å². The van der Waals surface area contributed by atoms with Gasteiger partial charge in [0.2, 0.25) is 0 Å². The van der Waals surface area contributed by atoms with Gasteiger partial charge in [-0.05, 0) is 142 Å². The molecule has 0 radical (unpaired) electrons. The maximum Gasteiger partial charge on any atom is 0.407 e. The van der Waals surface area contributed by atoms with E-state index in [1.807, 2.05) is 30.5 Å². The van der Waals surface area contributed by atoms with Crippen LogP contribution in [0.25, 0.3) is 21.6 Å². The fourth-order valence-corrected chi connectivity index (χ4v) is 11.3. The number of aryl methyl sites for hydroxylation is 1. The number of alkyl carbamates (subject to hydrolysis) is 1. The summed E-state index contributed by atoms with van der Waals surface area (Å²) in [5, 5.41) is 11.3. The lowest BCUT2D eigenvalue weighted by Crippen LogP contribution is -2.63. The molecule has 3 heterocycles. The summed E-state index contributed by atoms with van der Waals surface area (Å²) in [6.45, 7) is 10.3. The van der Waals surface area contributed by atoms with E-state index in [0.29, 0.717) is 53.0 Å². The molecule has 4 saturated carbocycles. The normalized spacial score (nSPS) is 22.8. The molecule has 9 rings (SSSR count). The van der Waals surface area contributed by atoms with Crippen molar-refractivity contribution in [1.29, 1.82) is 0 Å². The van der Waals surface area contributed by atoms with E-state index in [4.69, 9.17) is 14.2 Å². The van der Waals surface area contributed by atoms with Gasteiger partial charge in [0.1, 0.15) is 17.0 Å². The molecule has 4 bridgehead atoms. The average Bonchev–Trinajstić information content (AvgIpc) is 3.57. The zero-order valence-electron chi connectivity index (χ0n) is 34.1. The summed E-state index contributed by atoms with van der Waals surface area (Å²) in [5.74, 6) is 0.380. The van der Waals surface area contributed by atoms with Crippen molar-refractivity contribution in [2.24, 2.45) is 17.3 Å². The molecule has 0 saturated heterocycles. The lowest BCUT2D eigenvalue weighted by atomic mass is 9.46. The fraction of sp³-hybridized carbons (Fsp3) is 0.457. The topological polar surface area (TPSA) is 145 Å². The van der Waals surface area contributed by atoms with E-state index in [2.05, 4.69) is 33.9 Å². The van der Waals surface area contributed by atoms with Crippen LogP contribution in [0.1, 0.15) is 121 Å². The number of hydrogen-bond donors (Lipinski definition) is 3. The first-order valence-corrected chi connectivity index (χ1v) is 21.2. The maximum absolute atomic E-state index is 14.5. The molecule has 1 aliphatic heterocycles. The molecule has 4 aromatic rings. The van der Waals surface area contributed by atoms with Crippen molar-refractivity contribution in [3.63, 3.8) is 0 Å². The summed E-state index contributed by atoms with van der Waals surface area (Å²) in [4.78, 5) is 60.1. The van der Waals surface area contributed by atoms with E-state index in [1.54, 1.807) is 56.4 Å². The molecule has 3 N–H and O–H groups in total. The van der Waals surface area contributed by atoms with Gasteiger partial charge in [-0.1, -0.05) is 25.5 Å². The highest BCUT2D eigenvalue weighted by molar-refractivity contribution is 7.13. The number of nitrogens with zero attached hydrogens (tertiary/aromatic N) is 1. The highest BCUT2D eigenvalue weighted by atomic mass is 32.1. The third-order valence-electron chi connectivity index (χ3n) is 12.5. The molecule has 12 heteroatoms. The summed E-state index contributed by atoms with van der Waals surface area (Å²) in [7, 11) is 1.28. The molecule has 304 valence electrons. The number of esters is 1. The van der Waals surface area contributed by atoms with Crippen LogP contribution in [0, 0.1) is 24.2 Å². The van der Waals surface area contributed by atoms with Gasteiger partial charge < -0.3 is 30.2 Å². The lowest BCUT2D eigenvalue weighted by molar-refractivity contribution is -0.0795. The fourth-order valence-electron chi connectivity index (χ4n) is 10.4. The Balaban J connectivity index is 1.13. The number of carbonyl (C=O) groups is 4. The van der Waals surface area contributed by atoms with Crippen molar-refractivity contribution in [2.75, 3.05) is 19.0 Å². The van der Waals surface area contributed by atoms with Crippen LogP contribution in [-0.2, 0) is 22.4 Å². The Kier molecular flexibility index (Phi) is 10.4. The van der Waals surface area contributed by atoms with Gasteiger partial charge in [0.25, 0.3) is 11.8 Å². The van der Waals surface area contributed by atoms with Crippen LogP contribution in [0.2, 0.25) is 0 Å². The third kappa shape index (κ3) is 7.83. The Morgan fingerprint density at radius 1 is 0.948 bits per heavy atom. The SMILES string of the molecule is CCC12CC3CC(C1)CC(NC(=O)c1ccc(-c4cc5c(cc4C(=O)Nc4ccc(CNC(=O)OC(C)(C)C)cc4C)-c4sccc4CCO5)c(C(=O)OC)n1)(C3)C2. The summed E-state index contributed by atoms with van der Waals surface area (Å²) < 4.78 is 16.9. The Morgan fingerprint density at radius 3 is 2.43 bits per heavy atom. The minimum absolute atomic E-state index is 0.0665. The van der Waals surface area contributed by atoms with Gasteiger partial charge in [-0.15, -0.1) is 11.3 Å². The standard InChI is InChI=1S/C46H52N4O7S/c1-7-45-20-28-17-29(21-45)23-46(22-28,25-45)50-41(52)36-11-9-31(38(48-36)42(53)55-6)32-19-37-34(39-30(12-14-56-37)13-15-58-39)18-33(32)40(51)49-35-10-8-27(16-26(35)2)24-47-43(54)57-44(3,4)5/h8-11,13,15-16,18-19,28-29H,7,12,14,17,20-25H2,1-6H3,(H,47,54)(H,49,51)(H,50,52). The van der Waals surface area contributed by atoms with Gasteiger partial charge in [-0.3, -0.25) is 9.59 Å². The molecule has 11 nitrogen and oxygen atoms in total. The van der Waals surface area contributed by atoms with Gasteiger partial charge >= 0.3 is 12.1 Å². The second-order valence-electron chi connectivity index (χ2n) is 17.9. The van der Waals surface area contributed by atoms with Gasteiger partial charge in [-0.2, -0.15) is 0 Å². The Bertz CT molecular complexity index is 2290. The quantitative estimate of drug-likeness (QED) is 0.142. The second kappa shape index (κ2) is 15.2. The van der Waals surface area contributed by atoms with Crippen molar-refractivity contribution in [1.82, 2.24) is 15.6 Å². The Labute approximate surface area is 343 Å². The number of benzene rings is 2. The van der Waals surface area contributed by atoms with Crippen LogP contribution >= 0.6 is 11.3 Å². The first-order valence-electron chi connectivity index (χ1n) is 20.3. The monoisotopic (exact) mass is 804 g/mol. The van der Waals surface area contributed by atoms with E-state index in [0.717, 1.165) is 52.8 Å². The Hall–Kier alpha value is -5.23. The van der Waals surface area contributed by atoms with Crippen LogP contribution in [0.4, 0.5) is 10.5 Å². The highest BCUT2D eigenvalue weighted by Crippen LogP contribution is 2.62. The molecule has 2 aromatic heterocycles. The molecule has 2 aromatic carbocycles. The molecule has 4 fully saturated rings. The van der Waals surface area contributed by atoms with Crippen molar-refractivity contribution < 1.29 is 33.4 Å². The molecule has 4 aliphatic carbocycles. The van der Waals surface area contributed by atoms with Crippen LogP contribution in [0.15, 0.2) is 53.9 Å². The van der Waals surface area contributed by atoms with Crippen molar-refractivity contribution in [2.45, 2.75) is 104 Å². The predicted molar refractivity (Wildman–Crippen MR) is 223 cm³/mol. The van der Waals surface area contributed by atoms with Gasteiger partial charge in [0.05, 0.1) is 13.7 Å². The number of ether oxygens (including phenoxy) is 3. The van der Waals surface area contributed by atoms with E-state index in [9.17, 15) is 19.2 Å². The van der Waals surface area contributed by atoms with Gasteiger partial charge in [-0.25, -0.2) is 14.6 Å². The maximum atomic E-state index is 14.5. The molecule has 2 atom stereocenters. The zero-order valence-corrected chi connectivity index (χ0v) is 35.0. The second-order valence-corrected chi connectivity index (χ2v) is 18.8. The number of thiophene rings is 1. The number of carbonyl (C=O) groups excluding carboxylic acids is 4. The number of rotatable bonds is 9. The molecule has 2 unspecified atom stereocenters. The molecule has 3 amide bonds. The summed E-state index contributed by atoms with van der Waals surface area (Å²) in [5.41, 5.74) is 4.61. The molecular formula is C46H52N4O7S. The number of fused-ring (bicyclic) bond motifs is 3. The van der Waals surface area contributed by atoms with Crippen LogP contribution in [-0.4, -0.2) is 53.7 Å². The number of amides is 3. The zero-order chi connectivity index (χ0) is 41.0. The summed E-state index contributed by atoms with van der Waals surface area (Å²) in [6, 6.07) is 14.5. The molecule has 58 heavy (non-hydrogen) atoms. The summed E-state index contributed by atoms with van der Waals surface area (Å²) in [6.07, 6.45) is 7.95. The van der Waals surface area contributed by atoms with E-state index >= 15 is 0 Å². The minimum Gasteiger partial charge on any atom is -0.493 e. The first-order chi connectivity index (χ1) is 27.7. The van der Waals surface area contributed by atoms with E-state index in [1.165, 1.54) is 26.4 Å². The predicted octanol–water partition coefficient (Wildman–Crippen LogP) is 9.26. The largest absolute Gasteiger partial charge is 0.493 e. The van der Waals surface area contributed by atoms with Crippen molar-refractivity contribution in [3.8, 4) is 27.3 Å². The van der Waals surface area contributed by atoms with Crippen LogP contribution in [0.3, 0.4) is 0 Å². The Morgan fingerprint density at radius 2 is 1.72 bits per heavy atom. The molecule has 0 spiro atoms. The number of anilines is 1. The van der Waals surface area contributed by atoms with E-state index in [-0.39, 0.29) is 34.8 Å². The lowest BCUT2D eigenvalue weighted by Gasteiger charge is -2.62. The molecule has 5 aliphatic rings. The van der Waals surface area contributed by atoms with Crippen molar-refractivity contribution >= 4 is 40.9 Å². The highest BCUT2D eigenvalue weighted by Gasteiger charge is 2.57. The number of nitrogens with one attached hydrogen (secondary N) is 3. The smallest absolute Gasteiger partial charge is 0.407 e. The van der Waals surface area contributed by atoms with Crippen LogP contribution in [0.5, 0.6) is 5.75 Å². The summed E-state index contributed by atoms with van der Waals surface area (Å²) >= 11 is 1.58. The number of methoxy groups -OCH3 is 1. The first kappa shape index (κ1) is 39.6.